The van der Waals surface area contributed by atoms with Gasteiger partial charge in [0.1, 0.15) is 18.1 Å². The van der Waals surface area contributed by atoms with E-state index in [0.717, 1.165) is 0 Å². The van der Waals surface area contributed by atoms with Crippen molar-refractivity contribution in [2.24, 2.45) is 9.98 Å². The Bertz CT molecular complexity index is 150. The zero-order valence-electron chi connectivity index (χ0n) is 4.92. The second-order valence-electron chi connectivity index (χ2n) is 1.20. The molecule has 3 heteroatoms. The highest BCUT2D eigenvalue weighted by atomic mass is 14.8. The van der Waals surface area contributed by atoms with Gasteiger partial charge in [-0.1, -0.05) is 0 Å². The lowest BCUT2D eigenvalue weighted by atomic mass is 10.5. The van der Waals surface area contributed by atoms with Gasteiger partial charge in [-0.25, -0.2) is 4.99 Å². The minimum absolute atomic E-state index is 0.426. The first kappa shape index (κ1) is 6.83. The van der Waals surface area contributed by atoms with E-state index in [1.807, 2.05) is 6.07 Å². The van der Waals surface area contributed by atoms with Crippen LogP contribution in [-0.4, -0.2) is 19.1 Å². The molecule has 0 aromatic rings. The summed E-state index contributed by atoms with van der Waals surface area (Å²) >= 11 is 0. The van der Waals surface area contributed by atoms with E-state index in [9.17, 15) is 0 Å². The van der Waals surface area contributed by atoms with E-state index in [4.69, 9.17) is 5.26 Å². The normalized spacial score (nSPS) is 11.9. The highest BCUT2D eigenvalue weighted by molar-refractivity contribution is 6.00. The van der Waals surface area contributed by atoms with Crippen molar-refractivity contribution in [1.29, 1.82) is 5.26 Å². The number of hydrogen-bond acceptors (Lipinski definition) is 2. The van der Waals surface area contributed by atoms with Gasteiger partial charge in [0.15, 0.2) is 0 Å². The molecule has 0 saturated carbocycles. The Labute approximate surface area is 48.4 Å². The van der Waals surface area contributed by atoms with Gasteiger partial charge in [0, 0.05) is 7.05 Å². The summed E-state index contributed by atoms with van der Waals surface area (Å²) in [6.07, 6.45) is 1.35. The Morgan fingerprint density at radius 3 is 2.75 bits per heavy atom. The first-order valence-electron chi connectivity index (χ1n) is 2.16. The molecule has 0 amide bonds. The molecular formula is C5H7N3. The van der Waals surface area contributed by atoms with Crippen molar-refractivity contribution in [3.05, 3.63) is 0 Å². The molecule has 0 N–H and O–H groups in total. The van der Waals surface area contributed by atoms with Crippen LogP contribution in [0, 0.1) is 11.3 Å². The van der Waals surface area contributed by atoms with Crippen molar-refractivity contribution in [2.75, 3.05) is 7.05 Å². The van der Waals surface area contributed by atoms with Crippen molar-refractivity contribution in [3.8, 4) is 6.07 Å². The molecule has 0 aliphatic heterocycles. The molecule has 0 unspecified atom stereocenters. The zero-order chi connectivity index (χ0) is 6.41. The largest absolute Gasteiger partial charge is 0.277 e. The fourth-order valence-electron chi connectivity index (χ4n) is 0.173. The minimum Gasteiger partial charge on any atom is -0.277 e. The van der Waals surface area contributed by atoms with Crippen LogP contribution in [0.2, 0.25) is 0 Å². The molecule has 8 heavy (non-hydrogen) atoms. The van der Waals surface area contributed by atoms with Gasteiger partial charge < -0.3 is 0 Å². The standard InChI is InChI=1S/C5H7N3/c1-5(3-6)8-4-7-2/h4H,1-2H3/b7-4-,8-5+. The molecule has 0 atom stereocenters. The number of nitriles is 1. The molecule has 0 aliphatic carbocycles. The molecular weight excluding hydrogens is 102 g/mol. The molecule has 0 spiro atoms. The first-order chi connectivity index (χ1) is 3.81. The van der Waals surface area contributed by atoms with Gasteiger partial charge in [-0.05, 0) is 6.92 Å². The summed E-state index contributed by atoms with van der Waals surface area (Å²) in [6.45, 7) is 1.63. The van der Waals surface area contributed by atoms with Crippen LogP contribution in [0.4, 0.5) is 0 Å². The van der Waals surface area contributed by atoms with Crippen LogP contribution in [0.1, 0.15) is 6.92 Å². The summed E-state index contributed by atoms with van der Waals surface area (Å²) in [5.41, 5.74) is 0.426. The summed E-state index contributed by atoms with van der Waals surface area (Å²) in [4.78, 5) is 7.18. The van der Waals surface area contributed by atoms with E-state index in [1.54, 1.807) is 14.0 Å². The van der Waals surface area contributed by atoms with Crippen LogP contribution in [-0.2, 0) is 0 Å². The van der Waals surface area contributed by atoms with Crippen LogP contribution in [0.15, 0.2) is 9.98 Å². The fraction of sp³-hybridized carbons (Fsp3) is 0.400. The van der Waals surface area contributed by atoms with Crippen LogP contribution in [0.25, 0.3) is 0 Å². The second kappa shape index (κ2) is 4.00. The van der Waals surface area contributed by atoms with E-state index in [0.29, 0.717) is 5.71 Å². The van der Waals surface area contributed by atoms with E-state index in [1.165, 1.54) is 6.34 Å². The average Bonchev–Trinajstić information content (AvgIpc) is 1.83. The van der Waals surface area contributed by atoms with E-state index in [2.05, 4.69) is 9.98 Å². The third kappa shape index (κ3) is 3.04. The lowest BCUT2D eigenvalue weighted by molar-refractivity contribution is 1.44. The molecule has 0 aliphatic rings. The summed E-state index contributed by atoms with van der Waals surface area (Å²) < 4.78 is 0. The topological polar surface area (TPSA) is 48.5 Å². The number of rotatable bonds is 1. The average molecular weight is 109 g/mol. The van der Waals surface area contributed by atoms with Crippen LogP contribution in [0.5, 0.6) is 0 Å². The van der Waals surface area contributed by atoms with Gasteiger partial charge in [-0.2, -0.15) is 5.26 Å². The third-order valence-corrected chi connectivity index (χ3v) is 0.529. The van der Waals surface area contributed by atoms with Crippen LogP contribution >= 0.6 is 0 Å². The predicted molar refractivity (Wildman–Crippen MR) is 33.1 cm³/mol. The number of nitrogens with zero attached hydrogens (tertiary/aromatic N) is 3. The van der Waals surface area contributed by atoms with Crippen molar-refractivity contribution < 1.29 is 0 Å². The maximum atomic E-state index is 8.12. The van der Waals surface area contributed by atoms with E-state index in [-0.39, 0.29) is 0 Å². The van der Waals surface area contributed by atoms with Crippen molar-refractivity contribution >= 4 is 12.1 Å². The fourth-order valence-corrected chi connectivity index (χ4v) is 0.173. The zero-order valence-corrected chi connectivity index (χ0v) is 4.92. The summed E-state index contributed by atoms with van der Waals surface area (Å²) in [5, 5.41) is 8.12. The van der Waals surface area contributed by atoms with E-state index >= 15 is 0 Å². The SMILES string of the molecule is C/N=C\N=C(/C)C#N. The highest BCUT2D eigenvalue weighted by Gasteiger charge is 1.77. The van der Waals surface area contributed by atoms with Crippen molar-refractivity contribution in [3.63, 3.8) is 0 Å². The molecule has 0 heterocycles. The Morgan fingerprint density at radius 1 is 1.75 bits per heavy atom. The summed E-state index contributed by atoms with van der Waals surface area (Å²) in [5.74, 6) is 0. The smallest absolute Gasteiger partial charge is 0.116 e. The summed E-state index contributed by atoms with van der Waals surface area (Å²) in [6, 6.07) is 1.86. The van der Waals surface area contributed by atoms with Crippen molar-refractivity contribution in [2.45, 2.75) is 6.92 Å². The van der Waals surface area contributed by atoms with Gasteiger partial charge >= 0.3 is 0 Å². The van der Waals surface area contributed by atoms with Crippen molar-refractivity contribution in [1.82, 2.24) is 0 Å². The second-order valence-corrected chi connectivity index (χ2v) is 1.20. The van der Waals surface area contributed by atoms with Gasteiger partial charge in [0.25, 0.3) is 0 Å². The van der Waals surface area contributed by atoms with E-state index < -0.39 is 0 Å². The Balaban J connectivity index is 3.81. The van der Waals surface area contributed by atoms with Crippen LogP contribution in [0.3, 0.4) is 0 Å². The third-order valence-electron chi connectivity index (χ3n) is 0.529. The van der Waals surface area contributed by atoms with Gasteiger partial charge in [-0.15, -0.1) is 0 Å². The molecule has 0 aromatic carbocycles. The molecule has 0 saturated heterocycles. The molecule has 42 valence electrons. The van der Waals surface area contributed by atoms with Gasteiger partial charge in [0.05, 0.1) is 0 Å². The molecule has 0 radical (unpaired) electrons. The maximum absolute atomic E-state index is 8.12. The maximum Gasteiger partial charge on any atom is 0.116 e. The molecule has 0 aromatic heterocycles. The Morgan fingerprint density at radius 2 is 2.38 bits per heavy atom. The van der Waals surface area contributed by atoms with Gasteiger partial charge in [-0.3, -0.25) is 4.99 Å². The number of aliphatic imine (C=N–C) groups is 2. The predicted octanol–water partition coefficient (Wildman–Crippen LogP) is 0.629. The van der Waals surface area contributed by atoms with Crippen LogP contribution < -0.4 is 0 Å². The molecule has 3 nitrogen and oxygen atoms in total. The lowest BCUT2D eigenvalue weighted by Crippen LogP contribution is -1.82. The number of hydrogen-bond donors (Lipinski definition) is 0. The Hall–Kier alpha value is -1.17. The molecule has 0 rings (SSSR count). The quantitative estimate of drug-likeness (QED) is 0.360. The lowest BCUT2D eigenvalue weighted by Gasteiger charge is -1.74. The molecule has 0 fully saturated rings. The monoisotopic (exact) mass is 109 g/mol. The molecule has 0 bridgehead atoms. The first-order valence-corrected chi connectivity index (χ1v) is 2.16. The minimum atomic E-state index is 0.426. The Kier molecular flexibility index (Phi) is 3.42. The van der Waals surface area contributed by atoms with Gasteiger partial charge in [0.2, 0.25) is 0 Å². The highest BCUT2D eigenvalue weighted by Crippen LogP contribution is 1.68. The summed E-state index contributed by atoms with van der Waals surface area (Å²) in [7, 11) is 1.61.